The number of methoxy groups -OCH3 is 2. The van der Waals surface area contributed by atoms with E-state index in [2.05, 4.69) is 15.6 Å². The number of nitrogens with zero attached hydrogens (tertiary/aromatic N) is 2. The van der Waals surface area contributed by atoms with E-state index in [1.165, 1.54) is 32.5 Å². The van der Waals surface area contributed by atoms with Gasteiger partial charge in [-0.15, -0.1) is 0 Å². The summed E-state index contributed by atoms with van der Waals surface area (Å²) in [5, 5.41) is 15.9. The van der Waals surface area contributed by atoms with Gasteiger partial charge in [-0.05, 0) is 18.2 Å². The van der Waals surface area contributed by atoms with E-state index in [0.29, 0.717) is 11.6 Å². The Morgan fingerprint density at radius 2 is 1.96 bits per heavy atom. The predicted octanol–water partition coefficient (Wildman–Crippen LogP) is 1.38. The summed E-state index contributed by atoms with van der Waals surface area (Å²) in [5.74, 6) is -0.666. The summed E-state index contributed by atoms with van der Waals surface area (Å²) < 4.78 is 9.78. The Hall–Kier alpha value is -3.69. The highest BCUT2D eigenvalue weighted by Crippen LogP contribution is 2.27. The molecule has 0 unspecified atom stereocenters. The van der Waals surface area contributed by atoms with E-state index in [1.54, 1.807) is 12.1 Å². The van der Waals surface area contributed by atoms with Crippen molar-refractivity contribution in [2.45, 2.75) is 0 Å². The van der Waals surface area contributed by atoms with E-state index < -0.39 is 16.7 Å². The van der Waals surface area contributed by atoms with E-state index in [9.17, 15) is 19.7 Å². The zero-order valence-corrected chi connectivity index (χ0v) is 14.0. The number of anilines is 1. The third-order valence-electron chi connectivity index (χ3n) is 3.28. The van der Waals surface area contributed by atoms with Crippen molar-refractivity contribution in [3.63, 3.8) is 0 Å². The standard InChI is InChI=1S/C16H16N4O6/c1-25-13-5-3-10(7-12(13)20(23)24)16(22)18-9-14(21)19-11-4-6-15(26-2)17-8-11/h3-8H,9H2,1-2H3,(H,18,22)(H,19,21). The number of nitro groups is 1. The van der Waals surface area contributed by atoms with Gasteiger partial charge in [-0.25, -0.2) is 4.98 Å². The lowest BCUT2D eigenvalue weighted by molar-refractivity contribution is -0.385. The summed E-state index contributed by atoms with van der Waals surface area (Å²) in [4.78, 5) is 38.2. The molecule has 0 bridgehead atoms. The number of nitro benzene ring substituents is 1. The summed E-state index contributed by atoms with van der Waals surface area (Å²) in [6.07, 6.45) is 1.41. The molecule has 0 radical (unpaired) electrons. The van der Waals surface area contributed by atoms with Gasteiger partial charge in [0.15, 0.2) is 5.75 Å². The third kappa shape index (κ3) is 4.66. The maximum Gasteiger partial charge on any atom is 0.311 e. The fourth-order valence-electron chi connectivity index (χ4n) is 2.02. The van der Waals surface area contributed by atoms with Crippen LogP contribution < -0.4 is 20.1 Å². The number of aromatic nitrogens is 1. The molecule has 2 N–H and O–H groups in total. The molecule has 0 atom stereocenters. The minimum absolute atomic E-state index is 0.0382. The molecule has 0 aliphatic carbocycles. The fraction of sp³-hybridized carbons (Fsp3) is 0.188. The van der Waals surface area contributed by atoms with E-state index in [-0.39, 0.29) is 23.5 Å². The van der Waals surface area contributed by atoms with Gasteiger partial charge in [-0.3, -0.25) is 19.7 Å². The number of nitrogens with one attached hydrogen (secondary N) is 2. The van der Waals surface area contributed by atoms with Crippen molar-refractivity contribution in [2.24, 2.45) is 0 Å². The van der Waals surface area contributed by atoms with Crippen LogP contribution in [0.1, 0.15) is 10.4 Å². The van der Waals surface area contributed by atoms with Crippen molar-refractivity contribution in [3.8, 4) is 11.6 Å². The first-order chi connectivity index (χ1) is 12.4. The molecule has 0 aliphatic rings. The molecule has 1 aromatic heterocycles. The van der Waals surface area contributed by atoms with E-state index >= 15 is 0 Å². The van der Waals surface area contributed by atoms with Gasteiger partial charge in [-0.1, -0.05) is 0 Å². The zero-order chi connectivity index (χ0) is 19.1. The van der Waals surface area contributed by atoms with Crippen LogP contribution in [0.5, 0.6) is 11.6 Å². The second kappa shape index (κ2) is 8.42. The molecule has 26 heavy (non-hydrogen) atoms. The van der Waals surface area contributed by atoms with Gasteiger partial charge in [0.2, 0.25) is 11.8 Å². The van der Waals surface area contributed by atoms with Crippen molar-refractivity contribution >= 4 is 23.2 Å². The van der Waals surface area contributed by atoms with Crippen LogP contribution in [-0.2, 0) is 4.79 Å². The molecule has 10 heteroatoms. The summed E-state index contributed by atoms with van der Waals surface area (Å²) in [6, 6.07) is 6.94. The first kappa shape index (κ1) is 18.6. The molecule has 0 aliphatic heterocycles. The van der Waals surface area contributed by atoms with E-state index in [0.717, 1.165) is 6.07 Å². The van der Waals surface area contributed by atoms with Crippen LogP contribution in [0.25, 0.3) is 0 Å². The highest BCUT2D eigenvalue weighted by Gasteiger charge is 2.18. The lowest BCUT2D eigenvalue weighted by Gasteiger charge is -2.08. The summed E-state index contributed by atoms with van der Waals surface area (Å²) in [5.41, 5.74) is 0.135. The number of amides is 2. The van der Waals surface area contributed by atoms with Crippen LogP contribution in [0, 0.1) is 10.1 Å². The number of pyridine rings is 1. The van der Waals surface area contributed by atoms with E-state index in [1.807, 2.05) is 0 Å². The van der Waals surface area contributed by atoms with Gasteiger partial charge in [-0.2, -0.15) is 0 Å². The van der Waals surface area contributed by atoms with E-state index in [4.69, 9.17) is 9.47 Å². The van der Waals surface area contributed by atoms with Crippen molar-refractivity contribution < 1.29 is 24.0 Å². The third-order valence-corrected chi connectivity index (χ3v) is 3.28. The van der Waals surface area contributed by atoms with Gasteiger partial charge >= 0.3 is 5.69 Å². The minimum atomic E-state index is -0.654. The molecule has 0 saturated carbocycles. The quantitative estimate of drug-likeness (QED) is 0.563. The first-order valence-electron chi connectivity index (χ1n) is 7.35. The smallest absolute Gasteiger partial charge is 0.311 e. The predicted molar refractivity (Wildman–Crippen MR) is 91.4 cm³/mol. The summed E-state index contributed by atoms with van der Waals surface area (Å²) in [7, 11) is 2.76. The second-order valence-electron chi connectivity index (χ2n) is 4.96. The molecule has 0 spiro atoms. The van der Waals surface area contributed by atoms with Gasteiger partial charge in [0, 0.05) is 17.7 Å². The highest BCUT2D eigenvalue weighted by atomic mass is 16.6. The SMILES string of the molecule is COc1ccc(NC(=O)CNC(=O)c2ccc(OC)c([N+](=O)[O-])c2)cn1. The molecule has 2 rings (SSSR count). The number of hydrogen-bond acceptors (Lipinski definition) is 7. The average Bonchev–Trinajstić information content (AvgIpc) is 2.66. The van der Waals surface area contributed by atoms with Crippen LogP contribution in [0.4, 0.5) is 11.4 Å². The Bertz CT molecular complexity index is 822. The van der Waals surface area contributed by atoms with Gasteiger partial charge < -0.3 is 20.1 Å². The molecule has 2 amide bonds. The number of hydrogen-bond donors (Lipinski definition) is 2. The number of benzene rings is 1. The molecule has 136 valence electrons. The average molecular weight is 360 g/mol. The number of ether oxygens (including phenoxy) is 2. The molecule has 1 aromatic carbocycles. The number of rotatable bonds is 7. The fourth-order valence-corrected chi connectivity index (χ4v) is 2.02. The first-order valence-corrected chi connectivity index (χ1v) is 7.35. The minimum Gasteiger partial charge on any atom is -0.490 e. The van der Waals surface area contributed by atoms with Crippen LogP contribution in [0.2, 0.25) is 0 Å². The Labute approximate surface area is 148 Å². The molecule has 0 fully saturated rings. The molecule has 1 heterocycles. The van der Waals surface area contributed by atoms with Crippen molar-refractivity contribution in [2.75, 3.05) is 26.1 Å². The summed E-state index contributed by atoms with van der Waals surface area (Å²) in [6.45, 7) is -0.315. The maximum atomic E-state index is 12.1. The van der Waals surface area contributed by atoms with Gasteiger partial charge in [0.1, 0.15) is 0 Å². The van der Waals surface area contributed by atoms with Crippen molar-refractivity contribution in [3.05, 3.63) is 52.2 Å². The molecule has 2 aromatic rings. The Morgan fingerprint density at radius 1 is 1.19 bits per heavy atom. The molecule has 10 nitrogen and oxygen atoms in total. The summed E-state index contributed by atoms with van der Waals surface area (Å²) >= 11 is 0. The number of carbonyl (C=O) groups excluding carboxylic acids is 2. The lowest BCUT2D eigenvalue weighted by atomic mass is 10.1. The maximum absolute atomic E-state index is 12.1. The molecular weight excluding hydrogens is 344 g/mol. The van der Waals surface area contributed by atoms with Crippen LogP contribution in [-0.4, -0.2) is 42.5 Å². The zero-order valence-electron chi connectivity index (χ0n) is 14.0. The Balaban J connectivity index is 1.96. The van der Waals surface area contributed by atoms with Crippen molar-refractivity contribution in [1.82, 2.24) is 10.3 Å². The van der Waals surface area contributed by atoms with Crippen LogP contribution in [0.15, 0.2) is 36.5 Å². The highest BCUT2D eigenvalue weighted by molar-refractivity contribution is 5.99. The van der Waals surface area contributed by atoms with Crippen LogP contribution in [0.3, 0.4) is 0 Å². The largest absolute Gasteiger partial charge is 0.490 e. The molecule has 0 saturated heterocycles. The monoisotopic (exact) mass is 360 g/mol. The van der Waals surface area contributed by atoms with Gasteiger partial charge in [0.25, 0.3) is 5.91 Å². The Kier molecular flexibility index (Phi) is 6.04. The number of carbonyl (C=O) groups is 2. The second-order valence-corrected chi connectivity index (χ2v) is 4.96. The normalized spacial score (nSPS) is 9.92. The van der Waals surface area contributed by atoms with Crippen molar-refractivity contribution in [1.29, 1.82) is 0 Å². The Morgan fingerprint density at radius 3 is 2.54 bits per heavy atom. The van der Waals surface area contributed by atoms with Gasteiger partial charge in [0.05, 0.1) is 37.6 Å². The molecular formula is C16H16N4O6. The lowest BCUT2D eigenvalue weighted by Crippen LogP contribution is -2.32. The van der Waals surface area contributed by atoms with Crippen LogP contribution >= 0.6 is 0 Å². The topological polar surface area (TPSA) is 133 Å².